The van der Waals surface area contributed by atoms with Gasteiger partial charge in [0.2, 0.25) is 5.91 Å². The highest BCUT2D eigenvalue weighted by Crippen LogP contribution is 2.37. The second-order valence-electron chi connectivity index (χ2n) is 6.04. The van der Waals surface area contributed by atoms with Crippen LogP contribution in [0, 0.1) is 6.92 Å². The number of fused-ring (bicyclic) bond motifs is 1. The molecule has 2 aromatic carbocycles. The molecule has 0 radical (unpaired) electrons. The van der Waals surface area contributed by atoms with E-state index in [0.29, 0.717) is 18.3 Å². The topological polar surface area (TPSA) is 32.3 Å². The van der Waals surface area contributed by atoms with Gasteiger partial charge in [-0.2, -0.15) is 0 Å². The van der Waals surface area contributed by atoms with Crippen molar-refractivity contribution in [2.24, 2.45) is 0 Å². The van der Waals surface area contributed by atoms with Crippen molar-refractivity contribution in [3.63, 3.8) is 0 Å². The van der Waals surface area contributed by atoms with Crippen molar-refractivity contribution in [2.75, 3.05) is 18.0 Å². The molecule has 120 valence electrons. The van der Waals surface area contributed by atoms with E-state index in [0.717, 1.165) is 12.1 Å². The SMILES string of the molecule is Cc1cccc(CNC(=O)CN2C[C@@H](C)Sc3ccccc32)c1. The van der Waals surface area contributed by atoms with Crippen molar-refractivity contribution in [1.82, 2.24) is 5.32 Å². The molecule has 0 spiro atoms. The first-order valence-corrected chi connectivity index (χ1v) is 8.82. The number of para-hydroxylation sites is 1. The lowest BCUT2D eigenvalue weighted by molar-refractivity contribution is -0.119. The van der Waals surface area contributed by atoms with Gasteiger partial charge >= 0.3 is 0 Å². The minimum absolute atomic E-state index is 0.0698. The molecule has 3 nitrogen and oxygen atoms in total. The molecule has 1 N–H and O–H groups in total. The number of nitrogens with zero attached hydrogens (tertiary/aromatic N) is 1. The van der Waals surface area contributed by atoms with E-state index in [1.807, 2.05) is 30.0 Å². The monoisotopic (exact) mass is 326 g/mol. The highest BCUT2D eigenvalue weighted by Gasteiger charge is 2.23. The summed E-state index contributed by atoms with van der Waals surface area (Å²) >= 11 is 1.88. The molecule has 0 saturated heterocycles. The third-order valence-corrected chi connectivity index (χ3v) is 5.07. The van der Waals surface area contributed by atoms with Crippen molar-refractivity contribution >= 4 is 23.4 Å². The second kappa shape index (κ2) is 7.09. The minimum atomic E-state index is 0.0698. The molecule has 0 saturated carbocycles. The van der Waals surface area contributed by atoms with Crippen LogP contribution in [0.4, 0.5) is 5.69 Å². The first-order valence-electron chi connectivity index (χ1n) is 7.94. The van der Waals surface area contributed by atoms with Crippen LogP contribution >= 0.6 is 11.8 Å². The lowest BCUT2D eigenvalue weighted by Gasteiger charge is -2.33. The summed E-state index contributed by atoms with van der Waals surface area (Å²) in [5.41, 5.74) is 3.52. The Hall–Kier alpha value is -1.94. The summed E-state index contributed by atoms with van der Waals surface area (Å²) in [4.78, 5) is 15.8. The van der Waals surface area contributed by atoms with Gasteiger partial charge in [0.1, 0.15) is 0 Å². The van der Waals surface area contributed by atoms with Crippen LogP contribution in [-0.4, -0.2) is 24.2 Å². The molecule has 1 atom stereocenters. The van der Waals surface area contributed by atoms with Crippen LogP contribution in [-0.2, 0) is 11.3 Å². The summed E-state index contributed by atoms with van der Waals surface area (Å²) in [6.07, 6.45) is 0. The van der Waals surface area contributed by atoms with Gasteiger partial charge in [0.25, 0.3) is 0 Å². The highest BCUT2D eigenvalue weighted by atomic mass is 32.2. The summed E-state index contributed by atoms with van der Waals surface area (Å²) in [5.74, 6) is 0.0698. The van der Waals surface area contributed by atoms with Gasteiger partial charge in [0.15, 0.2) is 0 Å². The Bertz CT molecular complexity index is 701. The molecule has 0 aliphatic carbocycles. The molecule has 1 aliphatic rings. The second-order valence-corrected chi connectivity index (χ2v) is 7.52. The zero-order chi connectivity index (χ0) is 16.2. The molecular formula is C19H22N2OS. The maximum absolute atomic E-state index is 12.3. The average molecular weight is 326 g/mol. The normalized spacial score (nSPS) is 16.8. The van der Waals surface area contributed by atoms with Crippen molar-refractivity contribution < 1.29 is 4.79 Å². The Labute approximate surface area is 142 Å². The first kappa shape index (κ1) is 15.9. The zero-order valence-corrected chi connectivity index (χ0v) is 14.4. The van der Waals surface area contributed by atoms with Crippen LogP contribution in [0.2, 0.25) is 0 Å². The molecular weight excluding hydrogens is 304 g/mol. The number of rotatable bonds is 4. The number of carbonyl (C=O) groups is 1. The van der Waals surface area contributed by atoms with Crippen LogP contribution in [0.15, 0.2) is 53.4 Å². The van der Waals surface area contributed by atoms with Crippen molar-refractivity contribution in [2.45, 2.75) is 30.5 Å². The molecule has 2 aromatic rings. The molecule has 1 aliphatic heterocycles. The van der Waals surface area contributed by atoms with Gasteiger partial charge in [-0.1, -0.05) is 48.9 Å². The van der Waals surface area contributed by atoms with E-state index in [9.17, 15) is 4.79 Å². The Morgan fingerprint density at radius 1 is 1.26 bits per heavy atom. The summed E-state index contributed by atoms with van der Waals surface area (Å²) < 4.78 is 0. The third-order valence-electron chi connectivity index (χ3n) is 3.92. The lowest BCUT2D eigenvalue weighted by Crippen LogP contribution is -2.41. The molecule has 4 heteroatoms. The van der Waals surface area contributed by atoms with Crippen LogP contribution in [0.5, 0.6) is 0 Å². The van der Waals surface area contributed by atoms with Gasteiger partial charge in [0, 0.05) is 23.2 Å². The fourth-order valence-corrected chi connectivity index (χ4v) is 4.05. The van der Waals surface area contributed by atoms with Gasteiger partial charge in [-0.15, -0.1) is 11.8 Å². The number of aryl methyl sites for hydroxylation is 1. The van der Waals surface area contributed by atoms with Crippen molar-refractivity contribution in [1.29, 1.82) is 0 Å². The molecule has 1 heterocycles. The predicted octanol–water partition coefficient (Wildman–Crippen LogP) is 3.61. The van der Waals surface area contributed by atoms with E-state index in [1.54, 1.807) is 0 Å². The third kappa shape index (κ3) is 4.08. The van der Waals surface area contributed by atoms with Crippen molar-refractivity contribution in [3.8, 4) is 0 Å². The molecule has 0 aromatic heterocycles. The Kier molecular flexibility index (Phi) is 4.91. The standard InChI is InChI=1S/C19H22N2OS/c1-14-6-5-7-16(10-14)11-20-19(22)13-21-12-15(2)23-18-9-4-3-8-17(18)21/h3-10,15H,11-13H2,1-2H3,(H,20,22)/t15-/m1/s1. The number of nitrogens with one attached hydrogen (secondary N) is 1. The van der Waals surface area contributed by atoms with Gasteiger partial charge in [-0.05, 0) is 24.6 Å². The Morgan fingerprint density at radius 3 is 2.91 bits per heavy atom. The number of hydrogen-bond acceptors (Lipinski definition) is 3. The summed E-state index contributed by atoms with van der Waals surface area (Å²) in [7, 11) is 0. The van der Waals surface area contributed by atoms with Crippen LogP contribution in [0.25, 0.3) is 0 Å². The van der Waals surface area contributed by atoms with E-state index in [-0.39, 0.29) is 5.91 Å². The summed E-state index contributed by atoms with van der Waals surface area (Å²) in [6, 6.07) is 16.6. The highest BCUT2D eigenvalue weighted by molar-refractivity contribution is 8.00. The van der Waals surface area contributed by atoms with E-state index in [4.69, 9.17) is 0 Å². The number of benzene rings is 2. The van der Waals surface area contributed by atoms with E-state index in [2.05, 4.69) is 54.4 Å². The molecule has 3 rings (SSSR count). The van der Waals surface area contributed by atoms with Crippen LogP contribution in [0.3, 0.4) is 0 Å². The molecule has 1 amide bonds. The number of hydrogen-bond donors (Lipinski definition) is 1. The van der Waals surface area contributed by atoms with Crippen LogP contribution in [0.1, 0.15) is 18.1 Å². The Balaban J connectivity index is 1.62. The number of thioether (sulfide) groups is 1. The quantitative estimate of drug-likeness (QED) is 0.931. The van der Waals surface area contributed by atoms with E-state index in [1.165, 1.54) is 16.1 Å². The largest absolute Gasteiger partial charge is 0.360 e. The lowest BCUT2D eigenvalue weighted by atomic mass is 10.1. The fourth-order valence-electron chi connectivity index (χ4n) is 2.88. The zero-order valence-electron chi connectivity index (χ0n) is 13.6. The minimum Gasteiger partial charge on any atom is -0.360 e. The van der Waals surface area contributed by atoms with Gasteiger partial charge in [-0.25, -0.2) is 0 Å². The van der Waals surface area contributed by atoms with E-state index < -0.39 is 0 Å². The maximum Gasteiger partial charge on any atom is 0.239 e. The van der Waals surface area contributed by atoms with Crippen molar-refractivity contribution in [3.05, 3.63) is 59.7 Å². The number of carbonyl (C=O) groups excluding carboxylic acids is 1. The maximum atomic E-state index is 12.3. The Morgan fingerprint density at radius 2 is 2.09 bits per heavy atom. The first-order chi connectivity index (χ1) is 11.1. The smallest absolute Gasteiger partial charge is 0.239 e. The van der Waals surface area contributed by atoms with Gasteiger partial charge in [0.05, 0.1) is 12.2 Å². The molecule has 0 unspecified atom stereocenters. The fraction of sp³-hybridized carbons (Fsp3) is 0.316. The number of amides is 1. The summed E-state index contributed by atoms with van der Waals surface area (Å²) in [5, 5.41) is 3.53. The number of anilines is 1. The van der Waals surface area contributed by atoms with Gasteiger partial charge in [-0.3, -0.25) is 4.79 Å². The predicted molar refractivity (Wildman–Crippen MR) is 97.0 cm³/mol. The summed E-state index contributed by atoms with van der Waals surface area (Å²) in [6.45, 7) is 6.17. The molecule has 23 heavy (non-hydrogen) atoms. The van der Waals surface area contributed by atoms with Gasteiger partial charge < -0.3 is 10.2 Å². The van der Waals surface area contributed by atoms with Crippen LogP contribution < -0.4 is 10.2 Å². The molecule has 0 bridgehead atoms. The average Bonchev–Trinajstić information content (AvgIpc) is 2.53. The van der Waals surface area contributed by atoms with E-state index >= 15 is 0 Å². The molecule has 0 fully saturated rings.